The summed E-state index contributed by atoms with van der Waals surface area (Å²) in [6.45, 7) is 5.83. The quantitative estimate of drug-likeness (QED) is 0.331. The molecule has 0 radical (unpaired) electrons. The number of anilines is 1. The molecule has 2 aliphatic heterocycles. The first-order valence-electron chi connectivity index (χ1n) is 13.7. The summed E-state index contributed by atoms with van der Waals surface area (Å²) in [5.74, 6) is 0.623. The zero-order valence-corrected chi connectivity index (χ0v) is 24.1. The average molecular weight is 589 g/mol. The minimum atomic E-state index is -1.40. The fraction of sp³-hybridized carbons (Fsp3) is 0.367. The lowest BCUT2D eigenvalue weighted by Gasteiger charge is -2.41. The number of halogens is 2. The number of nitrogens with zero attached hydrogens (tertiary/aromatic N) is 6. The summed E-state index contributed by atoms with van der Waals surface area (Å²) in [7, 11) is 0. The van der Waals surface area contributed by atoms with Crippen LogP contribution in [-0.4, -0.2) is 63.9 Å². The molecule has 0 bridgehead atoms. The van der Waals surface area contributed by atoms with Crippen LogP contribution in [0.2, 0.25) is 5.02 Å². The highest BCUT2D eigenvalue weighted by Crippen LogP contribution is 2.41. The highest BCUT2D eigenvalue weighted by atomic mass is 35.5. The predicted octanol–water partition coefficient (Wildman–Crippen LogP) is 3.97. The molecule has 1 amide bonds. The number of ether oxygens (including phenoxy) is 1. The van der Waals surface area contributed by atoms with E-state index in [1.165, 1.54) is 6.20 Å². The van der Waals surface area contributed by atoms with Gasteiger partial charge >= 0.3 is 0 Å². The van der Waals surface area contributed by atoms with Crippen LogP contribution in [0.5, 0.6) is 5.75 Å². The maximum absolute atomic E-state index is 14.5. The first-order chi connectivity index (χ1) is 20.1. The third kappa shape index (κ3) is 4.91. The Kier molecular flexibility index (Phi) is 6.99. The molecule has 10 nitrogen and oxygen atoms in total. The second kappa shape index (κ2) is 10.5. The highest BCUT2D eigenvalue weighted by Gasteiger charge is 2.38. The molecule has 42 heavy (non-hydrogen) atoms. The summed E-state index contributed by atoms with van der Waals surface area (Å²) in [6, 6.07) is 7.81. The summed E-state index contributed by atoms with van der Waals surface area (Å²) in [5, 5.41) is 17.3. The lowest BCUT2D eigenvalue weighted by atomic mass is 9.73. The highest BCUT2D eigenvalue weighted by molar-refractivity contribution is 6.34. The van der Waals surface area contributed by atoms with Crippen molar-refractivity contribution in [3.8, 4) is 23.1 Å². The van der Waals surface area contributed by atoms with Crippen LogP contribution in [0.4, 0.5) is 10.2 Å². The van der Waals surface area contributed by atoms with E-state index in [2.05, 4.69) is 33.3 Å². The van der Waals surface area contributed by atoms with E-state index < -0.39 is 11.6 Å². The van der Waals surface area contributed by atoms with Gasteiger partial charge in [-0.1, -0.05) is 30.7 Å². The summed E-state index contributed by atoms with van der Waals surface area (Å²) >= 11 is 6.69. The number of primary amides is 1. The van der Waals surface area contributed by atoms with Gasteiger partial charge in [0, 0.05) is 31.7 Å². The van der Waals surface area contributed by atoms with Gasteiger partial charge in [0.2, 0.25) is 5.91 Å². The number of piperidine rings is 1. The Hall–Kier alpha value is -4.27. The molecule has 0 atom stereocenters. The molecular weight excluding hydrogens is 559 g/mol. The second-order valence-corrected chi connectivity index (χ2v) is 11.8. The van der Waals surface area contributed by atoms with Crippen molar-refractivity contribution >= 4 is 28.8 Å². The van der Waals surface area contributed by atoms with Crippen LogP contribution in [0.25, 0.3) is 16.8 Å². The van der Waals surface area contributed by atoms with Crippen molar-refractivity contribution in [3.05, 3.63) is 70.3 Å². The number of alkyl halides is 1. The summed E-state index contributed by atoms with van der Waals surface area (Å²) in [6.07, 6.45) is 8.08. The number of hydrogen-bond donors (Lipinski definition) is 2. The van der Waals surface area contributed by atoms with E-state index in [9.17, 15) is 14.4 Å². The van der Waals surface area contributed by atoms with Gasteiger partial charge in [0.1, 0.15) is 24.2 Å². The van der Waals surface area contributed by atoms with E-state index in [4.69, 9.17) is 27.1 Å². The number of benzene rings is 1. The fourth-order valence-electron chi connectivity index (χ4n) is 5.73. The van der Waals surface area contributed by atoms with Crippen LogP contribution in [0, 0.1) is 18.3 Å². The Labute approximate surface area is 247 Å². The van der Waals surface area contributed by atoms with E-state index in [0.717, 1.165) is 42.9 Å². The third-order valence-corrected chi connectivity index (χ3v) is 8.83. The Morgan fingerprint density at radius 1 is 1.24 bits per heavy atom. The van der Waals surface area contributed by atoms with Crippen molar-refractivity contribution in [1.82, 2.24) is 24.9 Å². The van der Waals surface area contributed by atoms with Crippen molar-refractivity contribution in [2.75, 3.05) is 37.7 Å². The summed E-state index contributed by atoms with van der Waals surface area (Å²) in [5.41, 5.74) is 8.17. The standard InChI is InChI=1S/C30H30ClFN8O2/c1-18-3-4-22(26(31)25(18)28(34)41)29(2)5-7-39(8-6-29)24-13-36-23(12-37-24)21-9-20(42-17-30(32)15-35-16-30)14-40-27(21)19(10-33)11-38-40/h3-4,9,11-14,35H,5-8,15-17H2,1-2H3,(H2,34,41). The topological polar surface area (TPSA) is 134 Å². The number of nitrogens with two attached hydrogens (primary N) is 1. The Balaban J connectivity index is 1.23. The number of carbonyl (C=O) groups is 1. The maximum atomic E-state index is 14.5. The predicted molar refractivity (Wildman–Crippen MR) is 157 cm³/mol. The smallest absolute Gasteiger partial charge is 0.250 e. The molecule has 2 fully saturated rings. The number of carbonyl (C=O) groups excluding carboxylic acids is 1. The molecule has 0 aliphatic carbocycles. The minimum Gasteiger partial charge on any atom is -0.489 e. The number of nitriles is 1. The summed E-state index contributed by atoms with van der Waals surface area (Å²) in [4.78, 5) is 23.6. The van der Waals surface area contributed by atoms with Gasteiger partial charge in [-0.25, -0.2) is 13.9 Å². The normalized spacial score (nSPS) is 17.5. The molecule has 0 spiro atoms. The number of aryl methyl sites for hydroxylation is 1. The number of nitrogens with one attached hydrogen (secondary N) is 1. The monoisotopic (exact) mass is 588 g/mol. The maximum Gasteiger partial charge on any atom is 0.250 e. The number of aromatic nitrogens is 4. The first kappa shape index (κ1) is 27.9. The number of amides is 1. The van der Waals surface area contributed by atoms with Gasteiger partial charge in [0.05, 0.1) is 52.1 Å². The Morgan fingerprint density at radius 2 is 2.00 bits per heavy atom. The van der Waals surface area contributed by atoms with Gasteiger partial charge in [0.15, 0.2) is 5.67 Å². The van der Waals surface area contributed by atoms with Gasteiger partial charge in [-0.05, 0) is 42.4 Å². The molecule has 12 heteroatoms. The average Bonchev–Trinajstić information content (AvgIpc) is 3.38. The van der Waals surface area contributed by atoms with E-state index >= 15 is 0 Å². The molecular formula is C30H30ClFN8O2. The molecule has 216 valence electrons. The molecule has 5 heterocycles. The van der Waals surface area contributed by atoms with Gasteiger partial charge in [0.25, 0.3) is 0 Å². The molecule has 2 aliphatic rings. The number of pyridine rings is 1. The Bertz CT molecular complexity index is 1720. The lowest BCUT2D eigenvalue weighted by molar-refractivity contribution is 0.0345. The zero-order valence-electron chi connectivity index (χ0n) is 23.3. The SMILES string of the molecule is Cc1ccc(C2(C)CCN(c3cnc(-c4cc(OCC5(F)CNC5)cn5ncc(C#N)c45)cn3)CC2)c(Cl)c1C(N)=O. The largest absolute Gasteiger partial charge is 0.489 e. The van der Waals surface area contributed by atoms with Gasteiger partial charge in [-0.3, -0.25) is 9.78 Å². The molecule has 3 aromatic heterocycles. The molecule has 4 aromatic rings. The van der Waals surface area contributed by atoms with Crippen molar-refractivity contribution in [2.45, 2.75) is 37.8 Å². The molecule has 0 saturated carbocycles. The van der Waals surface area contributed by atoms with Gasteiger partial charge in [-0.15, -0.1) is 0 Å². The van der Waals surface area contributed by atoms with Crippen molar-refractivity contribution in [1.29, 1.82) is 5.26 Å². The van der Waals surface area contributed by atoms with Crippen LogP contribution < -0.4 is 20.7 Å². The fourth-order valence-corrected chi connectivity index (χ4v) is 6.26. The minimum absolute atomic E-state index is 0.0898. The van der Waals surface area contributed by atoms with Crippen LogP contribution >= 0.6 is 11.6 Å². The van der Waals surface area contributed by atoms with Gasteiger partial charge in [-0.2, -0.15) is 10.4 Å². The van der Waals surface area contributed by atoms with Crippen LogP contribution in [0.1, 0.15) is 46.8 Å². The third-order valence-electron chi connectivity index (χ3n) is 8.44. The van der Waals surface area contributed by atoms with E-state index in [1.54, 1.807) is 29.2 Å². The lowest BCUT2D eigenvalue weighted by Crippen LogP contribution is -2.59. The Morgan fingerprint density at radius 3 is 2.62 bits per heavy atom. The zero-order chi connectivity index (χ0) is 29.6. The van der Waals surface area contributed by atoms with Crippen LogP contribution in [0.15, 0.2) is 43.0 Å². The molecule has 0 unspecified atom stereocenters. The number of rotatable bonds is 7. The van der Waals surface area contributed by atoms with Crippen molar-refractivity contribution in [3.63, 3.8) is 0 Å². The van der Waals surface area contributed by atoms with E-state index in [1.807, 2.05) is 19.1 Å². The molecule has 3 N–H and O–H groups in total. The second-order valence-electron chi connectivity index (χ2n) is 11.4. The van der Waals surface area contributed by atoms with Crippen molar-refractivity contribution < 1.29 is 13.9 Å². The number of hydrogen-bond acceptors (Lipinski definition) is 8. The number of fused-ring (bicyclic) bond motifs is 1. The van der Waals surface area contributed by atoms with Crippen LogP contribution in [-0.2, 0) is 5.41 Å². The molecule has 2 saturated heterocycles. The molecule has 1 aromatic carbocycles. The van der Waals surface area contributed by atoms with Crippen LogP contribution in [0.3, 0.4) is 0 Å². The first-order valence-corrected chi connectivity index (χ1v) is 14.1. The van der Waals surface area contributed by atoms with Gasteiger partial charge < -0.3 is 20.7 Å². The summed E-state index contributed by atoms with van der Waals surface area (Å²) < 4.78 is 21.9. The molecule has 6 rings (SSSR count). The van der Waals surface area contributed by atoms with E-state index in [-0.39, 0.29) is 25.1 Å². The van der Waals surface area contributed by atoms with Crippen molar-refractivity contribution in [2.24, 2.45) is 5.73 Å². The van der Waals surface area contributed by atoms with E-state index in [0.29, 0.717) is 38.7 Å².